The quantitative estimate of drug-likeness (QED) is 0.252. The number of ketones is 1. The molecule has 5 amide bonds. The normalized spacial score (nSPS) is 20.5. The monoisotopic (exact) mass is 785 g/mol. The molecule has 48 heavy (non-hydrogen) atoms. The molecule has 0 radical (unpaired) electrons. The lowest BCUT2D eigenvalue weighted by Gasteiger charge is -2.41. The van der Waals surface area contributed by atoms with Crippen molar-refractivity contribution in [2.24, 2.45) is 0 Å². The molecule has 258 valence electrons. The number of anilines is 2. The summed E-state index contributed by atoms with van der Waals surface area (Å²) in [4.78, 5) is 62.4. The number of nitrogens with two attached hydrogens (primary N) is 1. The summed E-state index contributed by atoms with van der Waals surface area (Å²) in [5.74, 6) is -0.547. The van der Waals surface area contributed by atoms with Crippen LogP contribution in [0.3, 0.4) is 0 Å². The molecule has 4 N–H and O–H groups in total. The first-order valence-electron chi connectivity index (χ1n) is 17.2. The number of carbonyl (C=O) groups is 4. The Morgan fingerprint density at radius 2 is 1.48 bits per heavy atom. The number of nitrogens with zero attached hydrogens (tertiary/aromatic N) is 4. The molecule has 4 heterocycles. The van der Waals surface area contributed by atoms with Crippen molar-refractivity contribution in [3.8, 4) is 0 Å². The lowest BCUT2D eigenvalue weighted by atomic mass is 9.99. The first kappa shape index (κ1) is 34.7. The largest absolute Gasteiger partial charge is 0.397 e. The van der Waals surface area contributed by atoms with Crippen LogP contribution >= 0.6 is 31.9 Å². The molecule has 4 aliphatic rings. The summed E-state index contributed by atoms with van der Waals surface area (Å²) in [5.41, 5.74) is 8.87. The van der Waals surface area contributed by atoms with E-state index in [0.29, 0.717) is 71.8 Å². The zero-order valence-corrected chi connectivity index (χ0v) is 30.4. The molecule has 2 aromatic rings. The number of rotatable bonds is 7. The smallest absolute Gasteiger partial charge is 0.322 e. The Bertz CT molecular complexity index is 1500. The van der Waals surface area contributed by atoms with Crippen LogP contribution in [0, 0.1) is 0 Å². The van der Waals surface area contributed by atoms with E-state index in [1.165, 1.54) is 19.3 Å². The van der Waals surface area contributed by atoms with Crippen LogP contribution in [-0.4, -0.2) is 107 Å². The van der Waals surface area contributed by atoms with Crippen molar-refractivity contribution in [1.29, 1.82) is 0 Å². The van der Waals surface area contributed by atoms with Crippen LogP contribution in [0.5, 0.6) is 0 Å². The summed E-state index contributed by atoms with van der Waals surface area (Å²) in [6, 6.07) is 10.2. The molecular formula is C35H45Br2N7O4. The van der Waals surface area contributed by atoms with Crippen molar-refractivity contribution in [3.63, 3.8) is 0 Å². The zero-order chi connectivity index (χ0) is 33.8. The molecule has 0 aromatic heterocycles. The fourth-order valence-electron chi connectivity index (χ4n) is 7.56. The lowest BCUT2D eigenvalue weighted by Crippen LogP contribution is -2.57. The third-order valence-electron chi connectivity index (χ3n) is 10.4. The SMILES string of the molecule is Nc1c(Br)cc(C(=O)C[C@@H](NC(=O)N2CCC(N3CCCCC3)CC2)C(=O)N2CCC(N3CCc4ccccc4NC3=O)CC2)cc1Br. The Kier molecular flexibility index (Phi) is 11.3. The summed E-state index contributed by atoms with van der Waals surface area (Å²) < 4.78 is 1.15. The predicted octanol–water partition coefficient (Wildman–Crippen LogP) is 5.48. The summed E-state index contributed by atoms with van der Waals surface area (Å²) in [6.45, 7) is 4.96. The Morgan fingerprint density at radius 3 is 2.17 bits per heavy atom. The summed E-state index contributed by atoms with van der Waals surface area (Å²) >= 11 is 6.82. The van der Waals surface area contributed by atoms with E-state index in [-0.39, 0.29) is 36.2 Å². The van der Waals surface area contributed by atoms with Gasteiger partial charge in [-0.1, -0.05) is 24.6 Å². The number of halogens is 2. The maximum Gasteiger partial charge on any atom is 0.322 e. The lowest BCUT2D eigenvalue weighted by molar-refractivity contribution is -0.134. The molecule has 3 fully saturated rings. The van der Waals surface area contributed by atoms with Gasteiger partial charge in [-0.3, -0.25) is 9.59 Å². The predicted molar refractivity (Wildman–Crippen MR) is 193 cm³/mol. The maximum atomic E-state index is 14.1. The van der Waals surface area contributed by atoms with Crippen molar-refractivity contribution < 1.29 is 19.2 Å². The number of nitrogen functional groups attached to an aromatic ring is 1. The van der Waals surface area contributed by atoms with Gasteiger partial charge in [0.25, 0.3) is 0 Å². The van der Waals surface area contributed by atoms with Crippen molar-refractivity contribution in [2.45, 2.75) is 75.9 Å². The van der Waals surface area contributed by atoms with Gasteiger partial charge in [0.15, 0.2) is 5.78 Å². The number of para-hydroxylation sites is 1. The number of amides is 5. The number of nitrogens with one attached hydrogen (secondary N) is 2. The Morgan fingerprint density at radius 1 is 0.854 bits per heavy atom. The highest BCUT2D eigenvalue weighted by Gasteiger charge is 2.36. The number of likely N-dealkylation sites (tertiary alicyclic amines) is 3. The number of Topliss-reactive ketones (excluding diaryl/α,β-unsaturated/α-hetero) is 1. The van der Waals surface area contributed by atoms with E-state index in [9.17, 15) is 19.2 Å². The van der Waals surface area contributed by atoms with Gasteiger partial charge in [-0.25, -0.2) is 9.59 Å². The van der Waals surface area contributed by atoms with E-state index in [4.69, 9.17) is 5.73 Å². The molecule has 0 aliphatic carbocycles. The van der Waals surface area contributed by atoms with Gasteiger partial charge < -0.3 is 36.0 Å². The van der Waals surface area contributed by atoms with Crippen LogP contribution in [0.15, 0.2) is 45.3 Å². The number of fused-ring (bicyclic) bond motifs is 1. The molecule has 0 unspecified atom stereocenters. The van der Waals surface area contributed by atoms with E-state index < -0.39 is 6.04 Å². The van der Waals surface area contributed by atoms with Crippen LogP contribution < -0.4 is 16.4 Å². The molecule has 0 bridgehead atoms. The van der Waals surface area contributed by atoms with E-state index in [2.05, 4.69) is 47.4 Å². The van der Waals surface area contributed by atoms with Crippen molar-refractivity contribution in [2.75, 3.05) is 56.9 Å². The van der Waals surface area contributed by atoms with Gasteiger partial charge >= 0.3 is 12.1 Å². The maximum absolute atomic E-state index is 14.1. The average molecular weight is 788 g/mol. The van der Waals surface area contributed by atoms with E-state index in [1.54, 1.807) is 21.9 Å². The molecule has 3 saturated heterocycles. The van der Waals surface area contributed by atoms with Crippen molar-refractivity contribution >= 4 is 67.0 Å². The second-order valence-electron chi connectivity index (χ2n) is 13.4. The average Bonchev–Trinajstić information content (AvgIpc) is 3.28. The van der Waals surface area contributed by atoms with Gasteiger partial charge in [0.05, 0.1) is 5.69 Å². The first-order chi connectivity index (χ1) is 23.2. The minimum atomic E-state index is -1.02. The minimum Gasteiger partial charge on any atom is -0.397 e. The topological polar surface area (TPSA) is 131 Å². The molecule has 11 nitrogen and oxygen atoms in total. The molecule has 4 aliphatic heterocycles. The van der Waals surface area contributed by atoms with Gasteiger partial charge in [0.2, 0.25) is 5.91 Å². The second-order valence-corrected chi connectivity index (χ2v) is 15.1. The molecule has 2 aromatic carbocycles. The summed E-state index contributed by atoms with van der Waals surface area (Å²) in [6.07, 6.45) is 7.38. The highest BCUT2D eigenvalue weighted by atomic mass is 79.9. The third kappa shape index (κ3) is 8.00. The summed E-state index contributed by atoms with van der Waals surface area (Å²) in [7, 11) is 0. The van der Waals surface area contributed by atoms with Crippen LogP contribution in [-0.2, 0) is 11.2 Å². The van der Waals surface area contributed by atoms with E-state index in [0.717, 1.165) is 43.6 Å². The molecular weight excluding hydrogens is 742 g/mol. The Hall–Kier alpha value is -3.16. The van der Waals surface area contributed by atoms with Crippen molar-refractivity contribution in [3.05, 3.63) is 56.5 Å². The highest BCUT2D eigenvalue weighted by molar-refractivity contribution is 9.11. The highest BCUT2D eigenvalue weighted by Crippen LogP contribution is 2.31. The standard InChI is InChI=1S/C35H45Br2N7O4/c36-27-20-24(21-28(37)32(27)38)31(45)22-30(40-34(47)43-17-9-25(10-18-43)41-13-4-1-5-14-41)33(46)42-15-11-26(12-16-42)44-19-8-23-6-2-3-7-29(23)39-35(44)48/h2-3,6-7,20-21,25-26,30H,1,4-5,8-19,22,38H2,(H,39,48)(H,40,47)/t30-/m1/s1. The van der Waals surface area contributed by atoms with Crippen LogP contribution in [0.1, 0.15) is 67.3 Å². The minimum absolute atomic E-state index is 0.0105. The van der Waals surface area contributed by atoms with Gasteiger partial charge in [0.1, 0.15) is 6.04 Å². The molecule has 0 spiro atoms. The van der Waals surface area contributed by atoms with E-state index >= 15 is 0 Å². The molecule has 1 atom stereocenters. The van der Waals surface area contributed by atoms with Crippen LogP contribution in [0.2, 0.25) is 0 Å². The Labute approximate surface area is 299 Å². The fourth-order valence-corrected chi connectivity index (χ4v) is 8.75. The van der Waals surface area contributed by atoms with Gasteiger partial charge in [-0.2, -0.15) is 0 Å². The van der Waals surface area contributed by atoms with E-state index in [1.807, 2.05) is 29.2 Å². The fraction of sp³-hybridized carbons (Fsp3) is 0.543. The number of hydrogen-bond donors (Lipinski definition) is 3. The molecule has 0 saturated carbocycles. The summed E-state index contributed by atoms with van der Waals surface area (Å²) in [5, 5.41) is 6.00. The van der Waals surface area contributed by atoms with Crippen LogP contribution in [0.4, 0.5) is 21.0 Å². The number of urea groups is 2. The second kappa shape index (κ2) is 15.6. The molecule has 6 rings (SSSR count). The van der Waals surface area contributed by atoms with Gasteiger partial charge in [0, 0.05) is 71.4 Å². The van der Waals surface area contributed by atoms with Gasteiger partial charge in [-0.15, -0.1) is 0 Å². The number of hydrogen-bond acceptors (Lipinski definition) is 6. The molecule has 13 heteroatoms. The number of piperidine rings is 3. The zero-order valence-electron chi connectivity index (χ0n) is 27.3. The van der Waals surface area contributed by atoms with Crippen molar-refractivity contribution in [1.82, 2.24) is 24.9 Å². The van der Waals surface area contributed by atoms with Crippen LogP contribution in [0.25, 0.3) is 0 Å². The third-order valence-corrected chi connectivity index (χ3v) is 11.7. The Balaban J connectivity index is 1.11. The number of benzene rings is 2. The number of carbonyl (C=O) groups excluding carboxylic acids is 4. The van der Waals surface area contributed by atoms with Gasteiger partial charge in [-0.05, 0) is 114 Å². The first-order valence-corrected chi connectivity index (χ1v) is 18.8.